The number of nitrogens with zero attached hydrogens (tertiary/aromatic N) is 12. The van der Waals surface area contributed by atoms with E-state index >= 15 is 0 Å². The van der Waals surface area contributed by atoms with E-state index in [1.165, 1.54) is 67.7 Å². The molecule has 2 aliphatic rings. The Morgan fingerprint density at radius 2 is 1.19 bits per heavy atom. The molecule has 0 fully saturated rings. The van der Waals surface area contributed by atoms with E-state index in [0.717, 1.165) is 22.6 Å². The first-order chi connectivity index (χ1) is 35.2. The molecule has 0 saturated heterocycles. The number of halogens is 3. The second kappa shape index (κ2) is 24.5. The minimum absolute atomic E-state index is 0.228. The smallest absolute Gasteiger partial charge is 0.288 e. The molecule has 20 heteroatoms. The van der Waals surface area contributed by atoms with Crippen LogP contribution in [0.2, 0.25) is 13.3 Å². The van der Waals surface area contributed by atoms with Gasteiger partial charge in [-0.3, -0.25) is 8.80 Å². The number of benzene rings is 2. The fourth-order valence-electron chi connectivity index (χ4n) is 9.13. The maximum atomic E-state index is 14.4. The van der Waals surface area contributed by atoms with Crippen LogP contribution in [0.25, 0.3) is 32.2 Å². The van der Waals surface area contributed by atoms with E-state index in [2.05, 4.69) is 109 Å². The average Bonchev–Trinajstić information content (AvgIpc) is 4.27. The second-order valence-electron chi connectivity index (χ2n) is 17.5. The van der Waals surface area contributed by atoms with Gasteiger partial charge in [0.15, 0.2) is 0 Å². The van der Waals surface area contributed by atoms with Gasteiger partial charge in [0.25, 0.3) is 11.6 Å². The predicted octanol–water partition coefficient (Wildman–Crippen LogP) is 11.7. The zero-order valence-electron chi connectivity index (χ0n) is 40.5. The van der Waals surface area contributed by atoms with Crippen molar-refractivity contribution in [2.45, 2.75) is 98.5 Å². The summed E-state index contributed by atoms with van der Waals surface area (Å²) in [5, 5.41) is 23.0. The zero-order chi connectivity index (χ0) is 50.5. The molecule has 0 amide bonds. The van der Waals surface area contributed by atoms with Crippen molar-refractivity contribution in [2.24, 2.45) is 0 Å². The molecule has 2 N–H and O–H groups in total. The largest absolute Gasteiger partial charge is 0.493 e. The summed E-state index contributed by atoms with van der Waals surface area (Å²) in [5.41, 5.74) is 5.26. The van der Waals surface area contributed by atoms with Crippen LogP contribution in [0.1, 0.15) is 81.5 Å². The maximum Gasteiger partial charge on any atom is 0.288 e. The van der Waals surface area contributed by atoms with Gasteiger partial charge in [-0.15, -0.1) is 0 Å². The van der Waals surface area contributed by atoms with Crippen molar-refractivity contribution in [3.63, 3.8) is 0 Å². The van der Waals surface area contributed by atoms with Gasteiger partial charge in [-0.2, -0.15) is 10.2 Å². The summed E-state index contributed by atoms with van der Waals surface area (Å²) in [6.07, 6.45) is 19.3. The van der Waals surface area contributed by atoms with E-state index in [1.807, 2.05) is 6.20 Å². The molecule has 0 atom stereocenters. The second-order valence-corrected chi connectivity index (χ2v) is 31.4. The van der Waals surface area contributed by atoms with Crippen LogP contribution in [0.15, 0.2) is 90.2 Å². The van der Waals surface area contributed by atoms with E-state index < -0.39 is 18.4 Å². The molecule has 0 aliphatic carbocycles. The number of hydrogen-bond donors (Lipinski definition) is 2. The van der Waals surface area contributed by atoms with Crippen LogP contribution < -0.4 is 23.8 Å². The third-order valence-corrected chi connectivity index (χ3v) is 28.5. The molecule has 72 heavy (non-hydrogen) atoms. The quantitative estimate of drug-likeness (QED) is 0.0656. The number of aromatic nitrogens is 10. The van der Waals surface area contributed by atoms with Crippen molar-refractivity contribution in [3.8, 4) is 22.8 Å². The summed E-state index contributed by atoms with van der Waals surface area (Å²) < 4.78 is 49.5. The molecule has 0 radical (unpaired) electrons. The summed E-state index contributed by atoms with van der Waals surface area (Å²) in [6.45, 7) is 22.9. The van der Waals surface area contributed by atoms with Gasteiger partial charge >= 0.3 is 123 Å². The zero-order valence-corrected chi connectivity index (χ0v) is 44.9. The van der Waals surface area contributed by atoms with Crippen LogP contribution in [0.4, 0.5) is 32.3 Å². The minimum atomic E-state index is -2.27. The number of unbranched alkanes of at least 4 members (excludes halogenated alkanes) is 3. The SMILES string of the molecule is CCC[CH2][Sn]([CH2]CCC)([CH2]CCC)[c]1cccnn1.[C-]#[N+]c1cn2c(NCc3c(F)ccc4c3CCO4)ncc(-c3cccnn3)c2n1.[C-]#[N+]c1cn2c(NCc3c(F)ccc4c3CCO4)ncc(Br)c2n1. The van der Waals surface area contributed by atoms with Crippen molar-refractivity contribution in [3.05, 3.63) is 147 Å². The van der Waals surface area contributed by atoms with Gasteiger partial charge in [0.1, 0.15) is 33.3 Å². The van der Waals surface area contributed by atoms with Crippen LogP contribution in [0.3, 0.4) is 0 Å². The standard InChI is InChI=1S/C20H14FN7O.C16H11BrFN5O.C4H3N2.3C4H9.Sn/c1-22-18-11-28-19(26-18)14(16-3-2-7-25-27-16)10-24-20(28)23-9-13-12-6-8-29-17(12)5-4-15(13)21;1-19-14-8-23-15(22-14)11(17)7-21-16(23)20-6-10-9-4-5-24-13(9)3-2-12(10)18;1-2-4-6-5-3-1;3*1-3-4-2;/h2-5,7,10-11H,6,8-9H2,(H,23,24);2-3,7-8H,4-6H2,(H,20,21);1-3H;3*1,3-4H2,2H3;. The molecular formula is C52H55BrF2N14O2Sn. The third-order valence-electron chi connectivity index (χ3n) is 12.9. The summed E-state index contributed by atoms with van der Waals surface area (Å²) in [4.78, 5) is 24.1. The first-order valence-corrected chi connectivity index (χ1v) is 32.5. The number of hydrogen-bond acceptors (Lipinski definition) is 12. The van der Waals surface area contributed by atoms with Crippen molar-refractivity contribution in [1.82, 2.24) is 49.1 Å². The van der Waals surface area contributed by atoms with E-state index in [4.69, 9.17) is 22.6 Å². The first-order valence-electron chi connectivity index (χ1n) is 24.3. The van der Waals surface area contributed by atoms with Crippen LogP contribution in [0, 0.1) is 24.8 Å². The van der Waals surface area contributed by atoms with Gasteiger partial charge in [0, 0.05) is 73.0 Å². The van der Waals surface area contributed by atoms with Crippen LogP contribution in [0.5, 0.6) is 11.5 Å². The Kier molecular flexibility index (Phi) is 17.5. The number of nitrogens with one attached hydrogen (secondary N) is 2. The first kappa shape index (κ1) is 51.5. The molecule has 0 unspecified atom stereocenters. The van der Waals surface area contributed by atoms with Crippen LogP contribution in [-0.4, -0.2) is 80.7 Å². The third kappa shape index (κ3) is 11.7. The Hall–Kier alpha value is -6.84. The van der Waals surface area contributed by atoms with Crippen molar-refractivity contribution < 1.29 is 18.3 Å². The summed E-state index contributed by atoms with van der Waals surface area (Å²) in [6, 6.07) is 14.1. The summed E-state index contributed by atoms with van der Waals surface area (Å²) in [5.74, 6) is 2.34. The molecule has 10 rings (SSSR count). The van der Waals surface area contributed by atoms with Crippen molar-refractivity contribution in [1.29, 1.82) is 0 Å². The molecule has 16 nitrogen and oxygen atoms in total. The number of rotatable bonds is 17. The fraction of sp³-hybridized carbons (Fsp3) is 0.346. The number of imidazole rings is 2. The molecule has 2 aromatic carbocycles. The van der Waals surface area contributed by atoms with Crippen molar-refractivity contribution >= 4 is 72.8 Å². The van der Waals surface area contributed by atoms with Gasteiger partial charge < -0.3 is 29.8 Å². The van der Waals surface area contributed by atoms with Gasteiger partial charge in [-0.1, -0.05) is 23.1 Å². The Labute approximate surface area is 429 Å². The molecule has 8 aromatic rings. The van der Waals surface area contributed by atoms with Crippen molar-refractivity contribution in [2.75, 3.05) is 23.8 Å². The maximum absolute atomic E-state index is 14.4. The molecule has 6 aromatic heterocycles. The average molecular weight is 1140 g/mol. The molecule has 0 spiro atoms. The summed E-state index contributed by atoms with van der Waals surface area (Å²) in [7, 11) is 0. The minimum Gasteiger partial charge on any atom is -0.493 e. The molecular weight excluding hydrogens is 1090 g/mol. The molecule has 0 saturated carbocycles. The van der Waals surface area contributed by atoms with E-state index in [-0.39, 0.29) is 36.4 Å². The van der Waals surface area contributed by atoms with Crippen LogP contribution >= 0.6 is 15.9 Å². The van der Waals surface area contributed by atoms with Crippen LogP contribution in [-0.2, 0) is 25.9 Å². The van der Waals surface area contributed by atoms with E-state index in [9.17, 15) is 8.78 Å². The van der Waals surface area contributed by atoms with Gasteiger partial charge in [0.05, 0.1) is 25.0 Å². The number of ether oxygens (including phenoxy) is 2. The fourth-order valence-corrected chi connectivity index (χ4v) is 24.7. The normalized spacial score (nSPS) is 12.3. The van der Waals surface area contributed by atoms with Gasteiger partial charge in [0.2, 0.25) is 23.2 Å². The summed E-state index contributed by atoms with van der Waals surface area (Å²) >= 11 is 1.10. The molecule has 8 heterocycles. The van der Waals surface area contributed by atoms with Gasteiger partial charge in [-0.25, -0.2) is 18.7 Å². The molecule has 370 valence electrons. The molecule has 0 bridgehead atoms. The Morgan fingerprint density at radius 1 is 0.681 bits per heavy atom. The van der Waals surface area contributed by atoms with Gasteiger partial charge in [-0.05, 0) is 52.3 Å². The van der Waals surface area contributed by atoms with E-state index in [1.54, 1.807) is 64.1 Å². The number of fused-ring (bicyclic) bond motifs is 4. The topological polar surface area (TPSA) is 163 Å². The molecule has 2 aliphatic heterocycles. The Bertz CT molecular complexity index is 3200. The van der Waals surface area contributed by atoms with E-state index in [0.29, 0.717) is 76.1 Å². The number of anilines is 2. The Balaban J connectivity index is 0.000000148. The monoisotopic (exact) mass is 1140 g/mol. The Morgan fingerprint density at radius 3 is 1.69 bits per heavy atom. The predicted molar refractivity (Wildman–Crippen MR) is 280 cm³/mol.